The predicted octanol–water partition coefficient (Wildman–Crippen LogP) is 3.20. The average molecular weight is 288 g/mol. The summed E-state index contributed by atoms with van der Waals surface area (Å²) in [6.45, 7) is 1.83. The number of methoxy groups -OCH3 is 2. The Bertz CT molecular complexity index is 548. The molecule has 0 radical (unpaired) electrons. The van der Waals surface area contributed by atoms with Crippen molar-refractivity contribution in [2.45, 2.75) is 19.1 Å². The van der Waals surface area contributed by atoms with Crippen molar-refractivity contribution in [2.24, 2.45) is 0 Å². The van der Waals surface area contributed by atoms with Crippen molar-refractivity contribution >= 4 is 0 Å². The van der Waals surface area contributed by atoms with Gasteiger partial charge >= 0.3 is 0 Å². The zero-order chi connectivity index (χ0) is 15.2. The van der Waals surface area contributed by atoms with Gasteiger partial charge in [0.05, 0.1) is 14.2 Å². The minimum atomic E-state index is -0.710. The number of hydrogen-bond donors (Lipinski definition) is 1. The molecule has 2 unspecified atom stereocenters. The molecule has 2 atom stereocenters. The van der Waals surface area contributed by atoms with Gasteiger partial charge in [0.15, 0.2) is 0 Å². The number of aliphatic hydroxyl groups excluding tert-OH is 1. The Morgan fingerprint density at radius 1 is 0.762 bits per heavy atom. The van der Waals surface area contributed by atoms with Crippen LogP contribution in [0.5, 0.6) is 17.2 Å². The summed E-state index contributed by atoms with van der Waals surface area (Å²) in [6, 6.07) is 14.6. The molecule has 2 aromatic rings. The van der Waals surface area contributed by atoms with Gasteiger partial charge in [-0.25, -0.2) is 0 Å². The first-order valence-electron chi connectivity index (χ1n) is 6.76. The minimum Gasteiger partial charge on any atom is -0.497 e. The third-order valence-corrected chi connectivity index (χ3v) is 3.28. The van der Waals surface area contributed by atoms with Crippen LogP contribution in [0.2, 0.25) is 0 Å². The quantitative estimate of drug-likeness (QED) is 0.886. The van der Waals surface area contributed by atoms with E-state index in [1.807, 2.05) is 55.5 Å². The summed E-state index contributed by atoms with van der Waals surface area (Å²) in [5.41, 5.74) is 0.789. The topological polar surface area (TPSA) is 47.9 Å². The molecule has 0 bridgehead atoms. The van der Waals surface area contributed by atoms with Crippen LogP contribution >= 0.6 is 0 Å². The molecule has 0 saturated heterocycles. The highest BCUT2D eigenvalue weighted by molar-refractivity contribution is 5.32. The van der Waals surface area contributed by atoms with E-state index in [1.165, 1.54) is 0 Å². The van der Waals surface area contributed by atoms with Crippen LogP contribution in [-0.2, 0) is 0 Å². The zero-order valence-corrected chi connectivity index (χ0v) is 12.4. The van der Waals surface area contributed by atoms with E-state index in [4.69, 9.17) is 14.2 Å². The Morgan fingerprint density at radius 3 is 1.67 bits per heavy atom. The van der Waals surface area contributed by atoms with E-state index in [0.29, 0.717) is 5.75 Å². The fourth-order valence-corrected chi connectivity index (χ4v) is 2.01. The van der Waals surface area contributed by atoms with Crippen molar-refractivity contribution in [3.63, 3.8) is 0 Å². The van der Waals surface area contributed by atoms with Gasteiger partial charge in [0, 0.05) is 0 Å². The first kappa shape index (κ1) is 15.2. The molecule has 1 N–H and O–H groups in total. The molecule has 0 aliphatic heterocycles. The SMILES string of the molecule is COc1ccc(OC(C)C(O)c2ccc(OC)cc2)cc1. The van der Waals surface area contributed by atoms with E-state index in [0.717, 1.165) is 17.1 Å². The van der Waals surface area contributed by atoms with Crippen molar-refractivity contribution in [1.29, 1.82) is 0 Å². The van der Waals surface area contributed by atoms with Crippen LogP contribution in [0.1, 0.15) is 18.6 Å². The van der Waals surface area contributed by atoms with E-state index in [9.17, 15) is 5.11 Å². The van der Waals surface area contributed by atoms with Gasteiger partial charge in [-0.3, -0.25) is 0 Å². The standard InChI is InChI=1S/C17H20O4/c1-12(21-16-10-8-15(20-3)9-11-16)17(18)13-4-6-14(19-2)7-5-13/h4-12,17-18H,1-3H3. The summed E-state index contributed by atoms with van der Waals surface area (Å²) in [6.07, 6.45) is -1.08. The number of ether oxygens (including phenoxy) is 3. The Balaban J connectivity index is 2.01. The lowest BCUT2D eigenvalue weighted by molar-refractivity contribution is 0.0467. The van der Waals surface area contributed by atoms with Gasteiger partial charge in [-0.1, -0.05) is 12.1 Å². The fraction of sp³-hybridized carbons (Fsp3) is 0.294. The molecule has 21 heavy (non-hydrogen) atoms. The second-order valence-corrected chi connectivity index (χ2v) is 4.72. The van der Waals surface area contributed by atoms with Crippen LogP contribution in [0.4, 0.5) is 0 Å². The molecule has 0 saturated carbocycles. The summed E-state index contributed by atoms with van der Waals surface area (Å²) in [5.74, 6) is 2.22. The molecule has 0 spiro atoms. The van der Waals surface area contributed by atoms with Crippen LogP contribution in [0.15, 0.2) is 48.5 Å². The van der Waals surface area contributed by atoms with Gasteiger partial charge in [0.25, 0.3) is 0 Å². The smallest absolute Gasteiger partial charge is 0.126 e. The van der Waals surface area contributed by atoms with E-state index in [1.54, 1.807) is 14.2 Å². The maximum Gasteiger partial charge on any atom is 0.126 e. The van der Waals surface area contributed by atoms with Crippen molar-refractivity contribution < 1.29 is 19.3 Å². The Labute approximate surface area is 124 Å². The summed E-state index contributed by atoms with van der Waals surface area (Å²) in [7, 11) is 3.23. The number of hydrogen-bond acceptors (Lipinski definition) is 4. The molecule has 0 amide bonds. The van der Waals surface area contributed by atoms with E-state index in [-0.39, 0.29) is 6.10 Å². The second kappa shape index (κ2) is 6.99. The first-order valence-corrected chi connectivity index (χ1v) is 6.76. The molecular weight excluding hydrogens is 268 g/mol. The predicted molar refractivity (Wildman–Crippen MR) is 81.0 cm³/mol. The van der Waals surface area contributed by atoms with E-state index in [2.05, 4.69) is 0 Å². The number of aliphatic hydroxyl groups is 1. The van der Waals surface area contributed by atoms with Crippen LogP contribution in [-0.4, -0.2) is 25.4 Å². The summed E-state index contributed by atoms with van der Waals surface area (Å²) >= 11 is 0. The van der Waals surface area contributed by atoms with E-state index >= 15 is 0 Å². The number of rotatable bonds is 6. The second-order valence-electron chi connectivity index (χ2n) is 4.72. The highest BCUT2D eigenvalue weighted by atomic mass is 16.5. The Morgan fingerprint density at radius 2 is 1.19 bits per heavy atom. The largest absolute Gasteiger partial charge is 0.497 e. The molecule has 4 heteroatoms. The minimum absolute atomic E-state index is 0.369. The maximum atomic E-state index is 10.3. The Kier molecular flexibility index (Phi) is 5.06. The lowest BCUT2D eigenvalue weighted by Gasteiger charge is -2.21. The fourth-order valence-electron chi connectivity index (χ4n) is 2.01. The lowest BCUT2D eigenvalue weighted by Crippen LogP contribution is -2.21. The maximum absolute atomic E-state index is 10.3. The number of benzene rings is 2. The first-order chi connectivity index (χ1) is 10.1. The van der Waals surface area contributed by atoms with Crippen molar-refractivity contribution in [1.82, 2.24) is 0 Å². The van der Waals surface area contributed by atoms with Crippen LogP contribution < -0.4 is 14.2 Å². The van der Waals surface area contributed by atoms with Crippen molar-refractivity contribution in [2.75, 3.05) is 14.2 Å². The molecular formula is C17H20O4. The summed E-state index contributed by atoms with van der Waals surface area (Å²) in [4.78, 5) is 0. The highest BCUT2D eigenvalue weighted by Crippen LogP contribution is 2.25. The molecule has 2 rings (SSSR count). The molecule has 0 aromatic heterocycles. The van der Waals surface area contributed by atoms with Gasteiger partial charge in [-0.15, -0.1) is 0 Å². The summed E-state index contributed by atoms with van der Waals surface area (Å²) < 4.78 is 15.9. The molecule has 0 heterocycles. The molecule has 0 fully saturated rings. The Hall–Kier alpha value is -2.20. The third-order valence-electron chi connectivity index (χ3n) is 3.28. The molecule has 112 valence electrons. The van der Waals surface area contributed by atoms with Crippen LogP contribution in [0, 0.1) is 0 Å². The molecule has 2 aromatic carbocycles. The summed E-state index contributed by atoms with van der Waals surface area (Å²) in [5, 5.41) is 10.3. The van der Waals surface area contributed by atoms with Crippen LogP contribution in [0.3, 0.4) is 0 Å². The van der Waals surface area contributed by atoms with Gasteiger partial charge in [0.2, 0.25) is 0 Å². The normalized spacial score (nSPS) is 13.3. The van der Waals surface area contributed by atoms with Crippen molar-refractivity contribution in [3.8, 4) is 17.2 Å². The zero-order valence-electron chi connectivity index (χ0n) is 12.4. The molecule has 4 nitrogen and oxygen atoms in total. The van der Waals surface area contributed by atoms with Gasteiger partial charge in [0.1, 0.15) is 29.5 Å². The van der Waals surface area contributed by atoms with Gasteiger partial charge in [-0.05, 0) is 48.9 Å². The van der Waals surface area contributed by atoms with E-state index < -0.39 is 6.10 Å². The van der Waals surface area contributed by atoms with Crippen molar-refractivity contribution in [3.05, 3.63) is 54.1 Å². The third kappa shape index (κ3) is 3.89. The molecule has 0 aliphatic rings. The van der Waals surface area contributed by atoms with Gasteiger partial charge < -0.3 is 19.3 Å². The lowest BCUT2D eigenvalue weighted by atomic mass is 10.1. The highest BCUT2D eigenvalue weighted by Gasteiger charge is 2.18. The average Bonchev–Trinajstić information content (AvgIpc) is 2.55. The van der Waals surface area contributed by atoms with Gasteiger partial charge in [-0.2, -0.15) is 0 Å². The molecule has 0 aliphatic carbocycles. The monoisotopic (exact) mass is 288 g/mol. The van der Waals surface area contributed by atoms with Crippen LogP contribution in [0.25, 0.3) is 0 Å².